The summed E-state index contributed by atoms with van der Waals surface area (Å²) in [5, 5.41) is 3.88. The summed E-state index contributed by atoms with van der Waals surface area (Å²) < 4.78 is 1.51. The van der Waals surface area contributed by atoms with Crippen LogP contribution >= 0.6 is 11.8 Å². The third-order valence-corrected chi connectivity index (χ3v) is 4.63. The van der Waals surface area contributed by atoms with E-state index in [0.29, 0.717) is 34.2 Å². The number of hydrogen-bond donors (Lipinski definition) is 1. The average Bonchev–Trinajstić information content (AvgIpc) is 2.65. The maximum atomic E-state index is 13.0. The number of thioether (sulfide) groups is 1. The Morgan fingerprint density at radius 1 is 1.23 bits per heavy atom. The number of amides is 1. The molecule has 0 aliphatic rings. The Labute approximate surface area is 155 Å². The molecule has 0 unspecified atom stereocenters. The number of nitrogens with one attached hydrogen (secondary N) is 1. The van der Waals surface area contributed by atoms with Gasteiger partial charge in [-0.1, -0.05) is 37.7 Å². The minimum absolute atomic E-state index is 0.0798. The molecule has 6 nitrogen and oxygen atoms in total. The van der Waals surface area contributed by atoms with Gasteiger partial charge in [0.05, 0.1) is 28.5 Å². The number of rotatable bonds is 6. The molecule has 0 spiro atoms. The molecule has 2 aromatic heterocycles. The molecule has 134 valence electrons. The second kappa shape index (κ2) is 8.14. The van der Waals surface area contributed by atoms with Gasteiger partial charge in [-0.25, -0.2) is 4.98 Å². The molecule has 0 aliphatic carbocycles. The Morgan fingerprint density at radius 3 is 2.77 bits per heavy atom. The topological polar surface area (TPSA) is 76.9 Å². The van der Waals surface area contributed by atoms with E-state index >= 15 is 0 Å². The van der Waals surface area contributed by atoms with Crippen LogP contribution in [0.1, 0.15) is 13.8 Å². The number of pyridine rings is 1. The first-order valence-electron chi connectivity index (χ1n) is 8.38. The lowest BCUT2D eigenvalue weighted by Gasteiger charge is -2.13. The van der Waals surface area contributed by atoms with E-state index in [1.54, 1.807) is 36.7 Å². The molecule has 3 rings (SSSR count). The van der Waals surface area contributed by atoms with Gasteiger partial charge >= 0.3 is 0 Å². The van der Waals surface area contributed by atoms with Crippen LogP contribution in [0.3, 0.4) is 0 Å². The van der Waals surface area contributed by atoms with Crippen LogP contribution in [0.2, 0.25) is 0 Å². The van der Waals surface area contributed by atoms with Gasteiger partial charge in [-0.3, -0.25) is 19.1 Å². The van der Waals surface area contributed by atoms with E-state index in [9.17, 15) is 9.59 Å². The molecular formula is C19H20N4O2S. The molecular weight excluding hydrogens is 348 g/mol. The Morgan fingerprint density at radius 2 is 2.04 bits per heavy atom. The zero-order valence-electron chi connectivity index (χ0n) is 14.7. The van der Waals surface area contributed by atoms with E-state index < -0.39 is 0 Å². The number of aromatic nitrogens is 3. The first kappa shape index (κ1) is 18.1. The molecule has 0 saturated heterocycles. The van der Waals surface area contributed by atoms with Crippen molar-refractivity contribution in [2.45, 2.75) is 19.0 Å². The summed E-state index contributed by atoms with van der Waals surface area (Å²) in [6.45, 7) is 4.71. The van der Waals surface area contributed by atoms with E-state index in [1.807, 2.05) is 26.0 Å². The summed E-state index contributed by atoms with van der Waals surface area (Å²) >= 11 is 1.24. The fourth-order valence-corrected chi connectivity index (χ4v) is 3.26. The summed E-state index contributed by atoms with van der Waals surface area (Å²) in [6.07, 6.45) is 3.26. The van der Waals surface area contributed by atoms with Gasteiger partial charge in [-0.15, -0.1) is 0 Å². The summed E-state index contributed by atoms with van der Waals surface area (Å²) in [5.74, 6) is 0.498. The standard InChI is InChI=1S/C19H20N4O2S/c1-13(2)10-21-17(24)12-26-19-22-16-8-4-3-7-15(16)18(25)23(19)14-6-5-9-20-11-14/h3-9,11,13H,10,12H2,1-2H3,(H,21,24). The number of hydrogen-bond acceptors (Lipinski definition) is 5. The van der Waals surface area contributed by atoms with E-state index in [2.05, 4.69) is 15.3 Å². The molecule has 0 aliphatic heterocycles. The molecule has 3 aromatic rings. The minimum atomic E-state index is -0.173. The monoisotopic (exact) mass is 368 g/mol. The zero-order valence-corrected chi connectivity index (χ0v) is 15.5. The fraction of sp³-hybridized carbons (Fsp3) is 0.263. The first-order chi connectivity index (χ1) is 12.6. The summed E-state index contributed by atoms with van der Waals surface area (Å²) in [5.41, 5.74) is 1.07. The lowest BCUT2D eigenvalue weighted by Crippen LogP contribution is -2.29. The van der Waals surface area contributed by atoms with Crippen molar-refractivity contribution in [3.63, 3.8) is 0 Å². The highest BCUT2D eigenvalue weighted by atomic mass is 32.2. The number of carbonyl (C=O) groups is 1. The van der Waals surface area contributed by atoms with Crippen LogP contribution in [-0.2, 0) is 4.79 Å². The molecule has 1 amide bonds. The smallest absolute Gasteiger partial charge is 0.266 e. The van der Waals surface area contributed by atoms with Crippen LogP contribution in [0, 0.1) is 5.92 Å². The first-order valence-corrected chi connectivity index (χ1v) is 9.36. The zero-order chi connectivity index (χ0) is 18.5. The van der Waals surface area contributed by atoms with E-state index in [-0.39, 0.29) is 17.2 Å². The van der Waals surface area contributed by atoms with Crippen molar-refractivity contribution < 1.29 is 4.79 Å². The van der Waals surface area contributed by atoms with Gasteiger partial charge in [0.2, 0.25) is 5.91 Å². The Kier molecular flexibility index (Phi) is 5.68. The number of benzene rings is 1. The normalized spacial score (nSPS) is 11.0. The predicted octanol–water partition coefficient (Wildman–Crippen LogP) is 2.65. The molecule has 26 heavy (non-hydrogen) atoms. The van der Waals surface area contributed by atoms with Crippen molar-refractivity contribution in [1.82, 2.24) is 19.9 Å². The number of fused-ring (bicyclic) bond motifs is 1. The highest BCUT2D eigenvalue weighted by Crippen LogP contribution is 2.20. The van der Waals surface area contributed by atoms with Gasteiger partial charge in [0.25, 0.3) is 5.56 Å². The fourth-order valence-electron chi connectivity index (χ4n) is 2.42. The minimum Gasteiger partial charge on any atom is -0.355 e. The van der Waals surface area contributed by atoms with Gasteiger partial charge in [0.15, 0.2) is 5.16 Å². The Hall–Kier alpha value is -2.67. The molecule has 0 bridgehead atoms. The lowest BCUT2D eigenvalue weighted by atomic mass is 10.2. The van der Waals surface area contributed by atoms with Crippen molar-refractivity contribution in [1.29, 1.82) is 0 Å². The number of nitrogens with zero attached hydrogens (tertiary/aromatic N) is 3. The summed E-state index contributed by atoms with van der Waals surface area (Å²) in [6, 6.07) is 10.8. The van der Waals surface area contributed by atoms with E-state index in [0.717, 1.165) is 0 Å². The quantitative estimate of drug-likeness (QED) is 0.535. The van der Waals surface area contributed by atoms with Crippen molar-refractivity contribution in [3.05, 3.63) is 59.1 Å². The molecule has 0 saturated carbocycles. The van der Waals surface area contributed by atoms with E-state index in [4.69, 9.17) is 0 Å². The highest BCUT2D eigenvalue weighted by molar-refractivity contribution is 7.99. The predicted molar refractivity (Wildman–Crippen MR) is 104 cm³/mol. The molecule has 1 N–H and O–H groups in total. The molecule has 1 aromatic carbocycles. The van der Waals surface area contributed by atoms with Gasteiger partial charge < -0.3 is 5.32 Å². The number of para-hydroxylation sites is 1. The Bertz CT molecular complexity index is 970. The molecule has 7 heteroatoms. The van der Waals surface area contributed by atoms with E-state index in [1.165, 1.54) is 16.3 Å². The van der Waals surface area contributed by atoms with Crippen LogP contribution in [0.25, 0.3) is 16.6 Å². The second-order valence-corrected chi connectivity index (χ2v) is 7.19. The molecule has 0 fully saturated rings. The van der Waals surface area contributed by atoms with Gasteiger partial charge in [0, 0.05) is 12.7 Å². The maximum absolute atomic E-state index is 13.0. The third-order valence-electron chi connectivity index (χ3n) is 3.69. The summed E-state index contributed by atoms with van der Waals surface area (Å²) in [4.78, 5) is 33.7. The number of carbonyl (C=O) groups excluding carboxylic acids is 1. The van der Waals surface area contributed by atoms with Crippen molar-refractivity contribution >= 4 is 28.6 Å². The van der Waals surface area contributed by atoms with Crippen LogP contribution in [0.5, 0.6) is 0 Å². The van der Waals surface area contributed by atoms with Crippen LogP contribution in [-0.4, -0.2) is 32.7 Å². The van der Waals surface area contributed by atoms with Crippen molar-refractivity contribution in [2.75, 3.05) is 12.3 Å². The van der Waals surface area contributed by atoms with Gasteiger partial charge in [-0.05, 0) is 30.2 Å². The van der Waals surface area contributed by atoms with Crippen LogP contribution in [0.4, 0.5) is 0 Å². The molecule has 2 heterocycles. The lowest BCUT2D eigenvalue weighted by molar-refractivity contribution is -0.118. The van der Waals surface area contributed by atoms with Crippen LogP contribution in [0.15, 0.2) is 58.7 Å². The largest absolute Gasteiger partial charge is 0.355 e. The van der Waals surface area contributed by atoms with Gasteiger partial charge in [-0.2, -0.15) is 0 Å². The SMILES string of the molecule is CC(C)CNC(=O)CSc1nc2ccccc2c(=O)n1-c1cccnc1. The second-order valence-electron chi connectivity index (χ2n) is 6.25. The average molecular weight is 368 g/mol. The van der Waals surface area contributed by atoms with Gasteiger partial charge in [0.1, 0.15) is 0 Å². The molecule has 0 radical (unpaired) electrons. The molecule has 0 atom stereocenters. The maximum Gasteiger partial charge on any atom is 0.266 e. The summed E-state index contributed by atoms with van der Waals surface area (Å²) in [7, 11) is 0. The van der Waals surface area contributed by atoms with Crippen LogP contribution < -0.4 is 10.9 Å². The van der Waals surface area contributed by atoms with Crippen molar-refractivity contribution in [3.8, 4) is 5.69 Å². The highest BCUT2D eigenvalue weighted by Gasteiger charge is 2.14. The third kappa shape index (κ3) is 4.11. The van der Waals surface area contributed by atoms with Crippen molar-refractivity contribution in [2.24, 2.45) is 5.92 Å². The Balaban J connectivity index is 1.98.